The second kappa shape index (κ2) is 6.87. The molecule has 0 bridgehead atoms. The first-order valence-electron chi connectivity index (χ1n) is 8.05. The molecule has 0 unspecified atom stereocenters. The van der Waals surface area contributed by atoms with Crippen LogP contribution in [0.1, 0.15) is 39.2 Å². The number of H-pyrrole nitrogens is 1. The maximum atomic E-state index is 12.3. The lowest BCUT2D eigenvalue weighted by molar-refractivity contribution is -0.137. The van der Waals surface area contributed by atoms with Crippen molar-refractivity contribution in [3.8, 4) is 0 Å². The Bertz CT molecular complexity index is 939. The fourth-order valence-corrected chi connectivity index (χ4v) is 2.93. The summed E-state index contributed by atoms with van der Waals surface area (Å²) in [5.74, 6) is -1.59. The number of fused-ring (bicyclic) bond motifs is 1. The van der Waals surface area contributed by atoms with Crippen LogP contribution >= 0.6 is 0 Å². The van der Waals surface area contributed by atoms with Gasteiger partial charge in [0.25, 0.3) is 5.91 Å². The van der Waals surface area contributed by atoms with Gasteiger partial charge in [-0.3, -0.25) is 9.59 Å². The summed E-state index contributed by atoms with van der Waals surface area (Å²) in [6.45, 7) is 1.87. The number of aromatic nitrogens is 1. The van der Waals surface area contributed by atoms with Crippen LogP contribution in [0.3, 0.4) is 0 Å². The molecular formula is C19H18N2O5. The van der Waals surface area contributed by atoms with Gasteiger partial charge >= 0.3 is 11.9 Å². The smallest absolute Gasteiger partial charge is 0.337 e. The maximum absolute atomic E-state index is 12.3. The van der Waals surface area contributed by atoms with Gasteiger partial charge in [-0.05, 0) is 48.7 Å². The lowest BCUT2D eigenvalue weighted by Crippen LogP contribution is -2.03. The highest BCUT2D eigenvalue weighted by atomic mass is 16.5. The van der Waals surface area contributed by atoms with Gasteiger partial charge in [-0.1, -0.05) is 0 Å². The Labute approximate surface area is 149 Å². The average molecular weight is 354 g/mol. The number of carbonyl (C=O) groups excluding carboxylic acids is 2. The van der Waals surface area contributed by atoms with Crippen molar-refractivity contribution in [3.63, 3.8) is 0 Å². The second-order valence-electron chi connectivity index (χ2n) is 6.01. The van der Waals surface area contributed by atoms with E-state index < -0.39 is 11.9 Å². The molecule has 26 heavy (non-hydrogen) atoms. The van der Waals surface area contributed by atoms with E-state index in [2.05, 4.69) is 10.3 Å². The van der Waals surface area contributed by atoms with Crippen molar-refractivity contribution in [3.05, 3.63) is 52.3 Å². The van der Waals surface area contributed by atoms with Crippen molar-refractivity contribution in [2.45, 2.75) is 19.8 Å². The number of aromatic amines is 1. The number of ether oxygens (including phenoxy) is 1. The molecule has 1 aromatic heterocycles. The standard InChI is InChI=1S/C19H18N2O5/c1-10-12(4-6-17(22)23)9-20-16(10)8-14-13-7-11(19(25)26-2)3-5-15(13)21-18(14)24/h3,5,7-9,20H,4,6H2,1-2H3,(H,21,24)(H,22,23)/b14-8-. The highest BCUT2D eigenvalue weighted by molar-refractivity contribution is 6.35. The average Bonchev–Trinajstić information content (AvgIpc) is 3.12. The highest BCUT2D eigenvalue weighted by Crippen LogP contribution is 2.34. The summed E-state index contributed by atoms with van der Waals surface area (Å²) in [7, 11) is 1.30. The first kappa shape index (κ1) is 17.5. The Morgan fingerprint density at radius 1 is 1.31 bits per heavy atom. The van der Waals surface area contributed by atoms with Crippen LogP contribution in [-0.4, -0.2) is 35.0 Å². The summed E-state index contributed by atoms with van der Waals surface area (Å²) in [6.07, 6.45) is 3.92. The Hall–Kier alpha value is -3.35. The van der Waals surface area contributed by atoms with Gasteiger partial charge < -0.3 is 20.1 Å². The van der Waals surface area contributed by atoms with Crippen LogP contribution in [0.25, 0.3) is 11.6 Å². The molecule has 0 saturated carbocycles. The van der Waals surface area contributed by atoms with Gasteiger partial charge in [0, 0.05) is 29.6 Å². The summed E-state index contributed by atoms with van der Waals surface area (Å²) in [5, 5.41) is 11.6. The predicted octanol–water partition coefficient (Wildman–Crippen LogP) is 2.62. The number of hydrogen-bond acceptors (Lipinski definition) is 4. The monoisotopic (exact) mass is 354 g/mol. The number of esters is 1. The van der Waals surface area contributed by atoms with Crippen molar-refractivity contribution < 1.29 is 24.2 Å². The molecule has 7 nitrogen and oxygen atoms in total. The van der Waals surface area contributed by atoms with Crippen molar-refractivity contribution >= 4 is 35.2 Å². The third-order valence-electron chi connectivity index (χ3n) is 4.41. The van der Waals surface area contributed by atoms with Crippen LogP contribution in [-0.2, 0) is 20.7 Å². The number of benzene rings is 1. The van der Waals surface area contributed by atoms with Crippen molar-refractivity contribution in [2.24, 2.45) is 0 Å². The number of aliphatic carboxylic acids is 1. The van der Waals surface area contributed by atoms with E-state index in [1.54, 1.807) is 30.5 Å². The molecule has 1 aromatic carbocycles. The fourth-order valence-electron chi connectivity index (χ4n) is 2.93. The zero-order valence-electron chi connectivity index (χ0n) is 14.4. The van der Waals surface area contributed by atoms with E-state index in [1.165, 1.54) is 7.11 Å². The van der Waals surface area contributed by atoms with E-state index >= 15 is 0 Å². The Morgan fingerprint density at radius 2 is 2.08 bits per heavy atom. The van der Waals surface area contributed by atoms with Gasteiger partial charge in [-0.15, -0.1) is 0 Å². The number of carbonyl (C=O) groups is 3. The van der Waals surface area contributed by atoms with Gasteiger partial charge in [0.05, 0.1) is 18.2 Å². The molecule has 0 spiro atoms. The van der Waals surface area contributed by atoms with E-state index in [9.17, 15) is 14.4 Å². The lowest BCUT2D eigenvalue weighted by Gasteiger charge is -2.03. The number of methoxy groups -OCH3 is 1. The summed E-state index contributed by atoms with van der Waals surface area (Å²) >= 11 is 0. The molecule has 0 saturated heterocycles. The molecule has 1 aliphatic rings. The van der Waals surface area contributed by atoms with Crippen molar-refractivity contribution in [1.82, 2.24) is 4.98 Å². The molecule has 1 amide bonds. The van der Waals surface area contributed by atoms with E-state index in [1.807, 2.05) is 6.92 Å². The van der Waals surface area contributed by atoms with E-state index in [4.69, 9.17) is 9.84 Å². The minimum absolute atomic E-state index is 0.0422. The SMILES string of the molecule is COC(=O)c1ccc2c(c1)/C(=C/c1[nH]cc(CCC(=O)O)c1C)C(=O)N2. The van der Waals surface area contributed by atoms with E-state index in [0.29, 0.717) is 28.8 Å². The van der Waals surface area contributed by atoms with E-state index in [-0.39, 0.29) is 12.3 Å². The van der Waals surface area contributed by atoms with Gasteiger partial charge in [-0.2, -0.15) is 0 Å². The van der Waals surface area contributed by atoms with Gasteiger partial charge in [0.1, 0.15) is 0 Å². The minimum atomic E-state index is -0.857. The number of hydrogen-bond donors (Lipinski definition) is 3. The molecule has 3 N–H and O–H groups in total. The minimum Gasteiger partial charge on any atom is -0.481 e. The summed E-state index contributed by atoms with van der Waals surface area (Å²) in [4.78, 5) is 37.9. The second-order valence-corrected chi connectivity index (χ2v) is 6.01. The van der Waals surface area contributed by atoms with Crippen LogP contribution in [0.4, 0.5) is 5.69 Å². The Kier molecular flexibility index (Phi) is 4.62. The number of aryl methyl sites for hydroxylation is 1. The number of anilines is 1. The predicted molar refractivity (Wildman–Crippen MR) is 95.8 cm³/mol. The third-order valence-corrected chi connectivity index (χ3v) is 4.41. The molecular weight excluding hydrogens is 336 g/mol. The maximum Gasteiger partial charge on any atom is 0.337 e. The summed E-state index contributed by atoms with van der Waals surface area (Å²) < 4.78 is 4.73. The Balaban J connectivity index is 1.97. The molecule has 0 atom stereocenters. The number of rotatable bonds is 5. The zero-order valence-corrected chi connectivity index (χ0v) is 14.4. The zero-order chi connectivity index (χ0) is 18.8. The molecule has 2 aromatic rings. The van der Waals surface area contributed by atoms with Gasteiger partial charge in [0.2, 0.25) is 0 Å². The summed E-state index contributed by atoms with van der Waals surface area (Å²) in [5.41, 5.74) is 4.56. The lowest BCUT2D eigenvalue weighted by atomic mass is 10.0. The molecule has 1 aliphatic heterocycles. The first-order chi connectivity index (χ1) is 12.4. The third kappa shape index (κ3) is 3.23. The van der Waals surface area contributed by atoms with Crippen LogP contribution in [0.15, 0.2) is 24.4 Å². The number of amides is 1. The number of carboxylic acid groups (broad SMARTS) is 1. The van der Waals surface area contributed by atoms with Crippen LogP contribution in [0.5, 0.6) is 0 Å². The highest BCUT2D eigenvalue weighted by Gasteiger charge is 2.26. The quantitative estimate of drug-likeness (QED) is 0.565. The fraction of sp³-hybridized carbons (Fsp3) is 0.211. The molecule has 0 fully saturated rings. The Morgan fingerprint density at radius 3 is 2.77 bits per heavy atom. The van der Waals surface area contributed by atoms with Gasteiger partial charge in [0.15, 0.2) is 0 Å². The molecule has 3 rings (SSSR count). The van der Waals surface area contributed by atoms with E-state index in [0.717, 1.165) is 16.8 Å². The van der Waals surface area contributed by atoms with Gasteiger partial charge in [-0.25, -0.2) is 4.79 Å². The molecule has 2 heterocycles. The topological polar surface area (TPSA) is 108 Å². The largest absolute Gasteiger partial charge is 0.481 e. The first-order valence-corrected chi connectivity index (χ1v) is 8.05. The van der Waals surface area contributed by atoms with Crippen LogP contribution in [0.2, 0.25) is 0 Å². The molecule has 0 aliphatic carbocycles. The number of nitrogens with one attached hydrogen (secondary N) is 2. The van der Waals surface area contributed by atoms with Crippen LogP contribution in [0, 0.1) is 6.92 Å². The molecule has 134 valence electrons. The normalized spacial score (nSPS) is 14.2. The summed E-state index contributed by atoms with van der Waals surface area (Å²) in [6, 6.07) is 4.88. The van der Waals surface area contributed by atoms with Crippen LogP contribution < -0.4 is 5.32 Å². The van der Waals surface area contributed by atoms with Crippen molar-refractivity contribution in [2.75, 3.05) is 12.4 Å². The van der Waals surface area contributed by atoms with Crippen molar-refractivity contribution in [1.29, 1.82) is 0 Å². The molecule has 0 radical (unpaired) electrons. The number of carboxylic acids is 1. The molecule has 7 heteroatoms.